The molecule has 3 rings (SSSR count). The van der Waals surface area contributed by atoms with E-state index < -0.39 is 0 Å². The largest absolute Gasteiger partial charge is 0.494 e. The zero-order chi connectivity index (χ0) is 21.2. The van der Waals surface area contributed by atoms with E-state index in [1.54, 1.807) is 42.5 Å². The lowest BCUT2D eigenvalue weighted by atomic mass is 10.2. The number of carbonyl (C=O) groups is 2. The van der Waals surface area contributed by atoms with Gasteiger partial charge in [-0.25, -0.2) is 4.79 Å². The third-order valence-electron chi connectivity index (χ3n) is 4.06. The molecule has 0 radical (unpaired) electrons. The first kappa shape index (κ1) is 20.7. The zero-order valence-corrected chi connectivity index (χ0v) is 16.6. The molecule has 0 aliphatic carbocycles. The number of para-hydroxylation sites is 1. The summed E-state index contributed by atoms with van der Waals surface area (Å²) in [5.41, 5.74) is 2.85. The topological polar surface area (TPSA) is 79.5 Å². The summed E-state index contributed by atoms with van der Waals surface area (Å²) in [6, 6.07) is 23.2. The van der Waals surface area contributed by atoms with Crippen LogP contribution in [0.3, 0.4) is 0 Å². The molecule has 0 fully saturated rings. The Hall–Kier alpha value is -4.06. The highest BCUT2D eigenvalue weighted by atomic mass is 16.5. The lowest BCUT2D eigenvalue weighted by Crippen LogP contribution is -2.19. The van der Waals surface area contributed by atoms with E-state index in [1.807, 2.05) is 49.4 Å². The number of hydrogen-bond donors (Lipinski definition) is 3. The number of amides is 3. The van der Waals surface area contributed by atoms with Gasteiger partial charge in [0, 0.05) is 23.1 Å². The van der Waals surface area contributed by atoms with Crippen LogP contribution in [0.5, 0.6) is 5.75 Å². The smallest absolute Gasteiger partial charge is 0.323 e. The Bertz CT molecular complexity index is 998. The third kappa shape index (κ3) is 6.53. The summed E-state index contributed by atoms with van der Waals surface area (Å²) in [5.74, 6) is 0.552. The number of nitrogens with one attached hydrogen (secondary N) is 3. The zero-order valence-electron chi connectivity index (χ0n) is 16.6. The van der Waals surface area contributed by atoms with Gasteiger partial charge < -0.3 is 20.7 Å². The number of carbonyl (C=O) groups excluding carboxylic acids is 2. The maximum Gasteiger partial charge on any atom is 0.323 e. The van der Waals surface area contributed by atoms with Crippen molar-refractivity contribution in [2.24, 2.45) is 0 Å². The van der Waals surface area contributed by atoms with E-state index in [0.29, 0.717) is 23.7 Å². The van der Waals surface area contributed by atoms with Crippen LogP contribution in [0.25, 0.3) is 6.08 Å². The average molecular weight is 401 g/mol. The molecule has 0 unspecified atom stereocenters. The van der Waals surface area contributed by atoms with Crippen LogP contribution in [0.15, 0.2) is 84.9 Å². The van der Waals surface area contributed by atoms with Crippen molar-refractivity contribution >= 4 is 35.1 Å². The summed E-state index contributed by atoms with van der Waals surface area (Å²) < 4.78 is 5.40. The van der Waals surface area contributed by atoms with E-state index in [-0.39, 0.29) is 11.9 Å². The number of hydrogen-bond acceptors (Lipinski definition) is 3. The quantitative estimate of drug-likeness (QED) is 0.465. The third-order valence-corrected chi connectivity index (χ3v) is 4.06. The summed E-state index contributed by atoms with van der Waals surface area (Å²) in [6.07, 6.45) is 3.20. The second-order valence-electron chi connectivity index (χ2n) is 6.35. The van der Waals surface area contributed by atoms with E-state index in [0.717, 1.165) is 11.3 Å². The van der Waals surface area contributed by atoms with Crippen LogP contribution in [-0.4, -0.2) is 18.5 Å². The standard InChI is InChI=1S/C24H23N3O3/c1-2-30-22-15-8-18(9-16-22)10-17-23(28)25-20-11-13-21(14-12-20)27-24(29)26-19-6-4-3-5-7-19/h3-17H,2H2,1H3,(H,25,28)(H2,26,27,29)/b17-10-. The van der Waals surface area contributed by atoms with Crippen LogP contribution < -0.4 is 20.7 Å². The molecule has 0 aromatic heterocycles. The summed E-state index contributed by atoms with van der Waals surface area (Å²) in [4.78, 5) is 24.1. The van der Waals surface area contributed by atoms with Crippen LogP contribution in [0.1, 0.15) is 12.5 Å². The normalized spacial score (nSPS) is 10.4. The fourth-order valence-corrected chi connectivity index (χ4v) is 2.65. The van der Waals surface area contributed by atoms with Crippen molar-refractivity contribution in [1.29, 1.82) is 0 Å². The van der Waals surface area contributed by atoms with Crippen LogP contribution in [0, 0.1) is 0 Å². The van der Waals surface area contributed by atoms with E-state index in [1.165, 1.54) is 6.08 Å². The Morgan fingerprint density at radius 1 is 0.767 bits per heavy atom. The van der Waals surface area contributed by atoms with Gasteiger partial charge in [-0.2, -0.15) is 0 Å². The monoisotopic (exact) mass is 401 g/mol. The molecule has 0 aliphatic heterocycles. The highest BCUT2D eigenvalue weighted by Crippen LogP contribution is 2.15. The minimum Gasteiger partial charge on any atom is -0.494 e. The molecule has 0 saturated heterocycles. The molecular formula is C24H23N3O3. The molecular weight excluding hydrogens is 378 g/mol. The molecule has 0 bridgehead atoms. The van der Waals surface area contributed by atoms with Gasteiger partial charge in [-0.3, -0.25) is 4.79 Å². The van der Waals surface area contributed by atoms with Crippen LogP contribution >= 0.6 is 0 Å². The Morgan fingerprint density at radius 2 is 1.33 bits per heavy atom. The van der Waals surface area contributed by atoms with Crippen LogP contribution in [0.4, 0.5) is 21.9 Å². The second-order valence-corrected chi connectivity index (χ2v) is 6.35. The van der Waals surface area contributed by atoms with Gasteiger partial charge in [0.05, 0.1) is 6.61 Å². The molecule has 30 heavy (non-hydrogen) atoms. The van der Waals surface area contributed by atoms with Crippen molar-refractivity contribution in [3.8, 4) is 5.75 Å². The van der Waals surface area contributed by atoms with Crippen molar-refractivity contribution in [2.75, 3.05) is 22.6 Å². The molecule has 0 saturated carbocycles. The summed E-state index contributed by atoms with van der Waals surface area (Å²) in [6.45, 7) is 2.55. The molecule has 6 heteroatoms. The number of urea groups is 1. The first-order chi connectivity index (χ1) is 14.6. The van der Waals surface area contributed by atoms with Gasteiger partial charge in [0.2, 0.25) is 5.91 Å². The van der Waals surface area contributed by atoms with Crippen molar-refractivity contribution in [1.82, 2.24) is 0 Å². The molecule has 3 aromatic rings. The Balaban J connectivity index is 1.49. The Kier molecular flexibility index (Phi) is 7.22. The highest BCUT2D eigenvalue weighted by Gasteiger charge is 2.03. The molecule has 3 aromatic carbocycles. The lowest BCUT2D eigenvalue weighted by Gasteiger charge is -2.08. The maximum absolute atomic E-state index is 12.1. The molecule has 152 valence electrons. The SMILES string of the molecule is CCOc1ccc(/C=C\C(=O)Nc2ccc(NC(=O)Nc3ccccc3)cc2)cc1. The van der Waals surface area contributed by atoms with Gasteiger partial charge in [0.1, 0.15) is 5.75 Å². The van der Waals surface area contributed by atoms with Gasteiger partial charge in [-0.05, 0) is 67.1 Å². The molecule has 0 aliphatic rings. The number of anilines is 3. The predicted octanol–water partition coefficient (Wildman–Crippen LogP) is 5.38. The molecule has 3 amide bonds. The van der Waals surface area contributed by atoms with Gasteiger partial charge >= 0.3 is 6.03 Å². The molecule has 0 heterocycles. The molecule has 0 spiro atoms. The van der Waals surface area contributed by atoms with Crippen molar-refractivity contribution in [3.63, 3.8) is 0 Å². The first-order valence-corrected chi connectivity index (χ1v) is 9.57. The van der Waals surface area contributed by atoms with Crippen molar-refractivity contribution < 1.29 is 14.3 Å². The van der Waals surface area contributed by atoms with Gasteiger partial charge in [-0.15, -0.1) is 0 Å². The van der Waals surface area contributed by atoms with Gasteiger partial charge in [-0.1, -0.05) is 30.3 Å². The van der Waals surface area contributed by atoms with Crippen LogP contribution in [-0.2, 0) is 4.79 Å². The Morgan fingerprint density at radius 3 is 1.93 bits per heavy atom. The second kappa shape index (κ2) is 10.5. The van der Waals surface area contributed by atoms with Crippen molar-refractivity contribution in [3.05, 3.63) is 90.5 Å². The number of rotatable bonds is 7. The van der Waals surface area contributed by atoms with E-state index in [4.69, 9.17) is 4.74 Å². The van der Waals surface area contributed by atoms with Crippen LogP contribution in [0.2, 0.25) is 0 Å². The lowest BCUT2D eigenvalue weighted by molar-refractivity contribution is -0.111. The minimum absolute atomic E-state index is 0.244. The maximum atomic E-state index is 12.1. The Labute approximate surface area is 175 Å². The molecule has 6 nitrogen and oxygen atoms in total. The first-order valence-electron chi connectivity index (χ1n) is 9.57. The van der Waals surface area contributed by atoms with Gasteiger partial charge in [0.15, 0.2) is 0 Å². The van der Waals surface area contributed by atoms with E-state index >= 15 is 0 Å². The number of benzene rings is 3. The number of ether oxygens (including phenoxy) is 1. The predicted molar refractivity (Wildman–Crippen MR) is 121 cm³/mol. The fraction of sp³-hybridized carbons (Fsp3) is 0.0833. The summed E-state index contributed by atoms with van der Waals surface area (Å²) in [5, 5.41) is 8.27. The van der Waals surface area contributed by atoms with E-state index in [9.17, 15) is 9.59 Å². The summed E-state index contributed by atoms with van der Waals surface area (Å²) in [7, 11) is 0. The highest BCUT2D eigenvalue weighted by molar-refractivity contribution is 6.02. The molecule has 3 N–H and O–H groups in total. The van der Waals surface area contributed by atoms with E-state index in [2.05, 4.69) is 16.0 Å². The average Bonchev–Trinajstić information content (AvgIpc) is 2.75. The summed E-state index contributed by atoms with van der Waals surface area (Å²) >= 11 is 0. The molecule has 0 atom stereocenters. The van der Waals surface area contributed by atoms with Gasteiger partial charge in [0.25, 0.3) is 0 Å². The fourth-order valence-electron chi connectivity index (χ4n) is 2.65. The van der Waals surface area contributed by atoms with Crippen molar-refractivity contribution in [2.45, 2.75) is 6.92 Å². The minimum atomic E-state index is -0.337.